The van der Waals surface area contributed by atoms with Gasteiger partial charge < -0.3 is 10.2 Å². The van der Waals surface area contributed by atoms with Crippen LogP contribution in [-0.4, -0.2) is 23.4 Å². The topological polar surface area (TPSA) is 40.5 Å². The molecule has 2 N–H and O–H groups in total. The van der Waals surface area contributed by atoms with Gasteiger partial charge in [-0.1, -0.05) is 128 Å². The first-order chi connectivity index (χ1) is 16.8. The van der Waals surface area contributed by atoms with Crippen molar-refractivity contribution in [3.63, 3.8) is 0 Å². The van der Waals surface area contributed by atoms with E-state index < -0.39 is 0 Å². The third-order valence-corrected chi connectivity index (χ3v) is 6.34. The maximum atomic E-state index is 8.66. The quantitative estimate of drug-likeness (QED) is 0.0954. The molecule has 0 saturated heterocycles. The molecule has 0 atom stereocenters. The van der Waals surface area contributed by atoms with Gasteiger partial charge in [-0.3, -0.25) is 0 Å². The monoisotopic (exact) mass is 480 g/mol. The molecule has 2 nitrogen and oxygen atoms in total. The van der Waals surface area contributed by atoms with E-state index in [0.717, 1.165) is 12.8 Å². The van der Waals surface area contributed by atoms with E-state index in [2.05, 4.69) is 38.2 Å². The lowest BCUT2D eigenvalue weighted by molar-refractivity contribution is 0.282. The van der Waals surface area contributed by atoms with E-state index in [1.807, 2.05) is 0 Å². The molecule has 0 saturated carbocycles. The minimum Gasteiger partial charge on any atom is -0.396 e. The van der Waals surface area contributed by atoms with Crippen molar-refractivity contribution in [1.29, 1.82) is 0 Å². The minimum atomic E-state index is 0.354. The average molecular weight is 481 g/mol. The molecule has 0 radical (unpaired) electrons. The summed E-state index contributed by atoms with van der Waals surface area (Å²) >= 11 is 0. The van der Waals surface area contributed by atoms with Gasteiger partial charge in [0.2, 0.25) is 0 Å². The maximum absolute atomic E-state index is 8.66. The maximum Gasteiger partial charge on any atom is 0.0431 e. The zero-order valence-corrected chi connectivity index (χ0v) is 23.6. The van der Waals surface area contributed by atoms with Crippen LogP contribution in [0.4, 0.5) is 0 Å². The zero-order valence-electron chi connectivity index (χ0n) is 23.6. The molecule has 0 spiro atoms. The second-order valence-electron chi connectivity index (χ2n) is 9.91. The van der Waals surface area contributed by atoms with Gasteiger partial charge in [0.15, 0.2) is 0 Å². The molecule has 204 valence electrons. The highest BCUT2D eigenvalue weighted by molar-refractivity contribution is 4.81. The molecule has 0 aliphatic heterocycles. The lowest BCUT2D eigenvalue weighted by Gasteiger charge is -2.00. The summed E-state index contributed by atoms with van der Waals surface area (Å²) in [6, 6.07) is 0. The van der Waals surface area contributed by atoms with Crippen molar-refractivity contribution < 1.29 is 10.2 Å². The first-order valence-corrected chi connectivity index (χ1v) is 15.3. The van der Waals surface area contributed by atoms with Gasteiger partial charge in [-0.25, -0.2) is 0 Å². The summed E-state index contributed by atoms with van der Waals surface area (Å²) in [6.45, 7) is 5.24. The first kappa shape index (κ1) is 35.6. The van der Waals surface area contributed by atoms with E-state index in [1.54, 1.807) is 0 Å². The number of aliphatic hydroxyl groups is 2. The molecular formula is C32H64O2. The Balaban J connectivity index is 0. The Bertz CT molecular complexity index is 375. The van der Waals surface area contributed by atoms with Gasteiger partial charge in [-0.2, -0.15) is 0 Å². The van der Waals surface area contributed by atoms with Crippen molar-refractivity contribution in [2.75, 3.05) is 13.2 Å². The third kappa shape index (κ3) is 38.7. The largest absolute Gasteiger partial charge is 0.396 e. The Morgan fingerprint density at radius 2 is 0.559 bits per heavy atom. The second-order valence-corrected chi connectivity index (χ2v) is 9.91. The molecule has 0 aliphatic rings. The van der Waals surface area contributed by atoms with Crippen molar-refractivity contribution in [2.24, 2.45) is 0 Å². The fraction of sp³-hybridized carbons (Fsp3) is 0.875. The lowest BCUT2D eigenvalue weighted by atomic mass is 10.1. The minimum absolute atomic E-state index is 0.354. The van der Waals surface area contributed by atoms with E-state index >= 15 is 0 Å². The predicted octanol–water partition coefficient (Wildman–Crippen LogP) is 10.5. The number of rotatable bonds is 26. The van der Waals surface area contributed by atoms with Gasteiger partial charge in [0, 0.05) is 13.2 Å². The molecule has 0 aliphatic carbocycles. The van der Waals surface area contributed by atoms with Crippen LogP contribution in [0.3, 0.4) is 0 Å². The Morgan fingerprint density at radius 3 is 0.824 bits per heavy atom. The van der Waals surface area contributed by atoms with Crippen molar-refractivity contribution in [3.05, 3.63) is 24.3 Å². The lowest BCUT2D eigenvalue weighted by Crippen LogP contribution is -1.84. The van der Waals surface area contributed by atoms with Crippen LogP contribution in [0.15, 0.2) is 24.3 Å². The molecule has 0 fully saturated rings. The van der Waals surface area contributed by atoms with Crippen LogP contribution in [0.1, 0.15) is 168 Å². The van der Waals surface area contributed by atoms with Gasteiger partial charge in [0.1, 0.15) is 0 Å². The van der Waals surface area contributed by atoms with Crippen LogP contribution >= 0.6 is 0 Å². The van der Waals surface area contributed by atoms with E-state index in [4.69, 9.17) is 10.2 Å². The van der Waals surface area contributed by atoms with E-state index in [1.165, 1.54) is 141 Å². The van der Waals surface area contributed by atoms with Crippen LogP contribution < -0.4 is 0 Å². The normalized spacial score (nSPS) is 11.4. The van der Waals surface area contributed by atoms with Gasteiger partial charge in [-0.15, -0.1) is 0 Å². The summed E-state index contributed by atoms with van der Waals surface area (Å²) in [6.07, 6.45) is 40.5. The van der Waals surface area contributed by atoms with Gasteiger partial charge in [0.25, 0.3) is 0 Å². The van der Waals surface area contributed by atoms with Gasteiger partial charge in [-0.05, 0) is 64.2 Å². The summed E-state index contributed by atoms with van der Waals surface area (Å²) in [5.74, 6) is 0. The Labute approximate surface area is 215 Å². The van der Waals surface area contributed by atoms with Crippen LogP contribution in [0, 0.1) is 0 Å². The summed E-state index contributed by atoms with van der Waals surface area (Å²) in [5.41, 5.74) is 0. The fourth-order valence-corrected chi connectivity index (χ4v) is 4.01. The summed E-state index contributed by atoms with van der Waals surface area (Å²) < 4.78 is 0. The van der Waals surface area contributed by atoms with Gasteiger partial charge in [0.05, 0.1) is 0 Å². The molecule has 0 unspecified atom stereocenters. The van der Waals surface area contributed by atoms with Crippen LogP contribution in [0.25, 0.3) is 0 Å². The number of aliphatic hydroxyl groups excluding tert-OH is 2. The number of hydrogen-bond donors (Lipinski definition) is 2. The number of hydrogen-bond acceptors (Lipinski definition) is 2. The SMILES string of the molecule is CCCCCC/C=C\CCCCCCCCCCO.CCCCCC/C=C\CCCCCCO. The van der Waals surface area contributed by atoms with Crippen LogP contribution in [-0.2, 0) is 0 Å². The average Bonchev–Trinajstić information content (AvgIpc) is 2.85. The summed E-state index contributed by atoms with van der Waals surface area (Å²) in [4.78, 5) is 0. The van der Waals surface area contributed by atoms with Crippen molar-refractivity contribution >= 4 is 0 Å². The predicted molar refractivity (Wildman–Crippen MR) is 155 cm³/mol. The molecule has 0 bridgehead atoms. The molecule has 2 heteroatoms. The highest BCUT2D eigenvalue weighted by Gasteiger charge is 1.91. The third-order valence-electron chi connectivity index (χ3n) is 6.34. The zero-order chi connectivity index (χ0) is 25.2. The Kier molecular flexibility index (Phi) is 38.7. The molecule has 0 rings (SSSR count). The fourth-order valence-electron chi connectivity index (χ4n) is 4.01. The summed E-state index contributed by atoms with van der Waals surface area (Å²) in [7, 11) is 0. The van der Waals surface area contributed by atoms with Crippen molar-refractivity contribution in [2.45, 2.75) is 168 Å². The highest BCUT2D eigenvalue weighted by atomic mass is 16.3. The molecule has 0 aromatic rings. The van der Waals surface area contributed by atoms with Crippen molar-refractivity contribution in [3.8, 4) is 0 Å². The summed E-state index contributed by atoms with van der Waals surface area (Å²) in [5, 5.41) is 17.3. The molecular weight excluding hydrogens is 416 g/mol. The molecule has 34 heavy (non-hydrogen) atoms. The van der Waals surface area contributed by atoms with E-state index in [0.29, 0.717) is 13.2 Å². The van der Waals surface area contributed by atoms with E-state index in [9.17, 15) is 0 Å². The van der Waals surface area contributed by atoms with Crippen LogP contribution in [0.5, 0.6) is 0 Å². The first-order valence-electron chi connectivity index (χ1n) is 15.3. The molecule has 0 heterocycles. The Hall–Kier alpha value is -0.600. The Morgan fingerprint density at radius 1 is 0.324 bits per heavy atom. The number of allylic oxidation sites excluding steroid dienone is 4. The van der Waals surface area contributed by atoms with Crippen molar-refractivity contribution in [1.82, 2.24) is 0 Å². The smallest absolute Gasteiger partial charge is 0.0431 e. The molecule has 0 aromatic carbocycles. The van der Waals surface area contributed by atoms with Crippen LogP contribution in [0.2, 0.25) is 0 Å². The highest BCUT2D eigenvalue weighted by Crippen LogP contribution is 2.10. The molecule has 0 amide bonds. The number of unbranched alkanes of at least 4 members (excludes halogenated alkanes) is 20. The second kappa shape index (κ2) is 37.0. The standard InChI is InChI=1S/C18H36O.C14H28O/c1-2-3-4-5-6-7-8-9-10-11-12-13-14-15-16-17-18-19;1-2-3-4-5-6-7-8-9-10-11-12-13-14-15/h7-8,19H,2-6,9-18H2,1H3;7-8,15H,2-6,9-14H2,1H3/b2*8-7-. The molecule has 0 aromatic heterocycles. The van der Waals surface area contributed by atoms with E-state index in [-0.39, 0.29) is 0 Å². The van der Waals surface area contributed by atoms with Gasteiger partial charge >= 0.3 is 0 Å².